The number of rotatable bonds is 5. The molecule has 4 aliphatic carbocycles. The molecule has 3 heteroatoms. The predicted molar refractivity (Wildman–Crippen MR) is 74.7 cm³/mol. The molecule has 0 radical (unpaired) electrons. The van der Waals surface area contributed by atoms with Crippen molar-refractivity contribution in [2.45, 2.75) is 57.9 Å². The maximum absolute atomic E-state index is 12.1. The maximum atomic E-state index is 12.1. The molecule has 0 atom stereocenters. The van der Waals surface area contributed by atoms with Gasteiger partial charge in [-0.05, 0) is 69.2 Å². The summed E-state index contributed by atoms with van der Waals surface area (Å²) >= 11 is 0. The fourth-order valence-electron chi connectivity index (χ4n) is 5.45. The van der Waals surface area contributed by atoms with Crippen molar-refractivity contribution < 1.29 is 9.53 Å². The molecule has 4 saturated carbocycles. The van der Waals surface area contributed by atoms with E-state index in [1.807, 2.05) is 6.92 Å². The Kier molecular flexibility index (Phi) is 3.59. The highest BCUT2D eigenvalue weighted by atomic mass is 16.5. The number of esters is 1. The van der Waals surface area contributed by atoms with Crippen molar-refractivity contribution in [1.29, 1.82) is 0 Å². The number of carbonyl (C=O) groups excluding carboxylic acids is 1. The lowest BCUT2D eigenvalue weighted by molar-refractivity contribution is -0.152. The molecule has 0 aromatic carbocycles. The molecule has 0 aromatic rings. The molecule has 0 unspecified atom stereocenters. The molecule has 0 aromatic heterocycles. The summed E-state index contributed by atoms with van der Waals surface area (Å²) in [6.07, 6.45) is 7.37. The van der Waals surface area contributed by atoms with E-state index in [0.717, 1.165) is 18.4 Å². The van der Waals surface area contributed by atoms with Crippen LogP contribution in [0.2, 0.25) is 0 Å². The van der Waals surface area contributed by atoms with Gasteiger partial charge in [-0.25, -0.2) is 0 Å². The average molecular weight is 265 g/mol. The molecular weight excluding hydrogens is 238 g/mol. The molecule has 0 saturated heterocycles. The molecule has 19 heavy (non-hydrogen) atoms. The fourth-order valence-corrected chi connectivity index (χ4v) is 5.45. The zero-order chi connectivity index (χ0) is 13.5. The van der Waals surface area contributed by atoms with E-state index in [4.69, 9.17) is 4.74 Å². The van der Waals surface area contributed by atoms with Crippen LogP contribution in [0.15, 0.2) is 0 Å². The monoisotopic (exact) mass is 265 g/mol. The first kappa shape index (κ1) is 13.4. The zero-order valence-electron chi connectivity index (χ0n) is 12.3. The van der Waals surface area contributed by atoms with Gasteiger partial charge in [0.25, 0.3) is 0 Å². The Morgan fingerprint density at radius 3 is 2.16 bits per heavy atom. The second-order valence-corrected chi connectivity index (χ2v) is 6.86. The van der Waals surface area contributed by atoms with Gasteiger partial charge in [0.15, 0.2) is 0 Å². The summed E-state index contributed by atoms with van der Waals surface area (Å²) < 4.78 is 5.24. The molecule has 0 amide bonds. The fraction of sp³-hybridized carbons (Fsp3) is 0.938. The molecule has 0 spiro atoms. The molecular formula is C16H27NO2. The lowest BCUT2D eigenvalue weighted by Gasteiger charge is -2.61. The number of nitrogens with one attached hydrogen (secondary N) is 1. The van der Waals surface area contributed by atoms with E-state index in [1.54, 1.807) is 0 Å². The molecule has 4 fully saturated rings. The van der Waals surface area contributed by atoms with E-state index in [-0.39, 0.29) is 11.5 Å². The lowest BCUT2D eigenvalue weighted by Crippen LogP contribution is -2.65. The van der Waals surface area contributed by atoms with Gasteiger partial charge < -0.3 is 10.1 Å². The van der Waals surface area contributed by atoms with Crippen molar-refractivity contribution in [3.63, 3.8) is 0 Å². The molecule has 0 aliphatic heterocycles. The van der Waals surface area contributed by atoms with Crippen molar-refractivity contribution in [1.82, 2.24) is 5.32 Å². The smallest absolute Gasteiger partial charge is 0.307 e. The normalized spacial score (nSPS) is 43.5. The molecule has 4 aliphatic rings. The summed E-state index contributed by atoms with van der Waals surface area (Å²) in [6, 6.07) is 0. The highest BCUT2D eigenvalue weighted by Crippen LogP contribution is 2.59. The van der Waals surface area contributed by atoms with Gasteiger partial charge in [0.1, 0.15) is 0 Å². The van der Waals surface area contributed by atoms with Crippen molar-refractivity contribution in [3.05, 3.63) is 0 Å². The third kappa shape index (κ3) is 2.20. The van der Waals surface area contributed by atoms with Crippen LogP contribution < -0.4 is 5.32 Å². The van der Waals surface area contributed by atoms with Crippen LogP contribution in [0, 0.1) is 23.7 Å². The molecule has 3 nitrogen and oxygen atoms in total. The van der Waals surface area contributed by atoms with Gasteiger partial charge in [0.05, 0.1) is 13.0 Å². The SMILES string of the molecule is CCNC1(CC(=O)OCC)C2CC3CC(C2)CC1C3. The van der Waals surface area contributed by atoms with Crippen LogP contribution in [0.5, 0.6) is 0 Å². The first-order chi connectivity index (χ1) is 9.18. The van der Waals surface area contributed by atoms with E-state index in [2.05, 4.69) is 12.2 Å². The topological polar surface area (TPSA) is 38.3 Å². The molecule has 108 valence electrons. The Bertz CT molecular complexity index is 325. The summed E-state index contributed by atoms with van der Waals surface area (Å²) in [5.74, 6) is 3.28. The van der Waals surface area contributed by atoms with Crippen LogP contribution in [0.25, 0.3) is 0 Å². The van der Waals surface area contributed by atoms with Crippen LogP contribution in [0.1, 0.15) is 52.4 Å². The molecule has 4 bridgehead atoms. The number of ether oxygens (including phenoxy) is 1. The van der Waals surface area contributed by atoms with Crippen LogP contribution >= 0.6 is 0 Å². The van der Waals surface area contributed by atoms with Crippen LogP contribution in [0.4, 0.5) is 0 Å². The largest absolute Gasteiger partial charge is 0.466 e. The molecule has 4 rings (SSSR count). The van der Waals surface area contributed by atoms with E-state index in [1.165, 1.54) is 32.1 Å². The van der Waals surface area contributed by atoms with Crippen molar-refractivity contribution in [2.24, 2.45) is 23.7 Å². The number of carbonyl (C=O) groups is 1. The third-order valence-corrected chi connectivity index (χ3v) is 5.84. The second kappa shape index (κ2) is 5.08. The molecule has 0 heterocycles. The first-order valence-corrected chi connectivity index (χ1v) is 8.08. The summed E-state index contributed by atoms with van der Waals surface area (Å²) in [5.41, 5.74) is 0.0500. The van der Waals surface area contributed by atoms with Gasteiger partial charge in [-0.3, -0.25) is 4.79 Å². The second-order valence-electron chi connectivity index (χ2n) is 6.86. The lowest BCUT2D eigenvalue weighted by atomic mass is 9.48. The Morgan fingerprint density at radius 2 is 1.68 bits per heavy atom. The van der Waals surface area contributed by atoms with Gasteiger partial charge in [0.2, 0.25) is 0 Å². The van der Waals surface area contributed by atoms with Gasteiger partial charge in [-0.15, -0.1) is 0 Å². The Morgan fingerprint density at radius 1 is 1.11 bits per heavy atom. The van der Waals surface area contributed by atoms with Crippen LogP contribution in [-0.2, 0) is 9.53 Å². The van der Waals surface area contributed by atoms with Crippen molar-refractivity contribution >= 4 is 5.97 Å². The van der Waals surface area contributed by atoms with Crippen molar-refractivity contribution in [2.75, 3.05) is 13.2 Å². The predicted octanol–water partition coefficient (Wildman–Crippen LogP) is 2.74. The van der Waals surface area contributed by atoms with E-state index in [0.29, 0.717) is 24.9 Å². The van der Waals surface area contributed by atoms with E-state index >= 15 is 0 Å². The quantitative estimate of drug-likeness (QED) is 0.777. The number of hydrogen-bond donors (Lipinski definition) is 1. The highest BCUT2D eigenvalue weighted by Gasteiger charge is 2.57. The molecule has 1 N–H and O–H groups in total. The van der Waals surface area contributed by atoms with E-state index < -0.39 is 0 Å². The van der Waals surface area contributed by atoms with E-state index in [9.17, 15) is 4.79 Å². The summed E-state index contributed by atoms with van der Waals surface area (Å²) in [4.78, 5) is 12.1. The summed E-state index contributed by atoms with van der Waals surface area (Å²) in [5, 5.41) is 3.73. The van der Waals surface area contributed by atoms with Gasteiger partial charge >= 0.3 is 5.97 Å². The number of hydrogen-bond acceptors (Lipinski definition) is 3. The van der Waals surface area contributed by atoms with Gasteiger partial charge in [-0.2, -0.15) is 0 Å². The summed E-state index contributed by atoms with van der Waals surface area (Å²) in [7, 11) is 0. The van der Waals surface area contributed by atoms with Crippen LogP contribution in [-0.4, -0.2) is 24.7 Å². The zero-order valence-corrected chi connectivity index (χ0v) is 12.3. The van der Waals surface area contributed by atoms with Gasteiger partial charge in [-0.1, -0.05) is 6.92 Å². The minimum Gasteiger partial charge on any atom is -0.466 e. The average Bonchev–Trinajstić information content (AvgIpc) is 2.35. The Hall–Kier alpha value is -0.570. The van der Waals surface area contributed by atoms with Gasteiger partial charge in [0, 0.05) is 5.54 Å². The van der Waals surface area contributed by atoms with Crippen LogP contribution in [0.3, 0.4) is 0 Å². The maximum Gasteiger partial charge on any atom is 0.307 e. The first-order valence-electron chi connectivity index (χ1n) is 8.08. The highest BCUT2D eigenvalue weighted by molar-refractivity contribution is 5.71. The minimum atomic E-state index is -0.00377. The van der Waals surface area contributed by atoms with Crippen molar-refractivity contribution in [3.8, 4) is 0 Å². The minimum absolute atomic E-state index is 0.00377. The summed E-state index contributed by atoms with van der Waals surface area (Å²) in [6.45, 7) is 5.52. The Labute approximate surface area is 116 Å². The standard InChI is InChI=1S/C16H27NO2/c1-3-17-16(10-15(18)19-4-2)13-6-11-5-12(8-13)9-14(16)7-11/h11-14,17H,3-10H2,1-2H3. The third-order valence-electron chi connectivity index (χ3n) is 5.84. The Balaban J connectivity index is 1.81.